The van der Waals surface area contributed by atoms with Gasteiger partial charge >= 0.3 is 0 Å². The van der Waals surface area contributed by atoms with Crippen molar-refractivity contribution in [3.63, 3.8) is 0 Å². The molecule has 1 aromatic rings. The number of carbonyl (C=O) groups excluding carboxylic acids is 2. The van der Waals surface area contributed by atoms with E-state index in [1.165, 1.54) is 6.07 Å². The van der Waals surface area contributed by atoms with Gasteiger partial charge in [-0.05, 0) is 25.0 Å². The minimum absolute atomic E-state index is 0.0368. The van der Waals surface area contributed by atoms with Crippen molar-refractivity contribution in [3.05, 3.63) is 29.8 Å². The van der Waals surface area contributed by atoms with Crippen molar-refractivity contribution in [2.45, 2.75) is 23.7 Å². The highest BCUT2D eigenvalue weighted by atomic mass is 35.5. The number of hydrogen-bond donors (Lipinski definition) is 2. The first-order valence-corrected chi connectivity index (χ1v) is 7.52. The molecule has 1 aliphatic heterocycles. The fourth-order valence-electron chi connectivity index (χ4n) is 2.31. The molecule has 0 aliphatic carbocycles. The van der Waals surface area contributed by atoms with Crippen molar-refractivity contribution in [1.82, 2.24) is 10.2 Å². The molecular weight excluding hydrogens is 315 g/mol. The summed E-state index contributed by atoms with van der Waals surface area (Å²) in [6.45, 7) is 1.00. The van der Waals surface area contributed by atoms with E-state index >= 15 is 0 Å². The van der Waals surface area contributed by atoms with Crippen LogP contribution in [0.1, 0.15) is 23.2 Å². The van der Waals surface area contributed by atoms with Gasteiger partial charge in [-0.15, -0.1) is 0 Å². The lowest BCUT2D eigenvalue weighted by Crippen LogP contribution is -2.47. The number of alkyl halides is 2. The smallest absolute Gasteiger partial charge is 0.255 e. The van der Waals surface area contributed by atoms with Gasteiger partial charge in [-0.3, -0.25) is 9.59 Å². The number of benzene rings is 1. The van der Waals surface area contributed by atoms with Crippen molar-refractivity contribution in [3.8, 4) is 5.75 Å². The van der Waals surface area contributed by atoms with Gasteiger partial charge in [-0.1, -0.05) is 35.3 Å². The van der Waals surface area contributed by atoms with Crippen LogP contribution in [0.25, 0.3) is 0 Å². The number of phenolic OH excluding ortho intramolecular Hbond substituents is 1. The summed E-state index contributed by atoms with van der Waals surface area (Å²) in [6.07, 6.45) is 1.26. The quantitative estimate of drug-likeness (QED) is 0.832. The van der Waals surface area contributed by atoms with Gasteiger partial charge in [0, 0.05) is 19.1 Å². The summed E-state index contributed by atoms with van der Waals surface area (Å²) < 4.78 is 0. The molecular formula is C14H16Cl2N2O3. The van der Waals surface area contributed by atoms with Crippen LogP contribution in [0.15, 0.2) is 24.3 Å². The van der Waals surface area contributed by atoms with Crippen molar-refractivity contribution >= 4 is 35.0 Å². The van der Waals surface area contributed by atoms with Crippen molar-refractivity contribution < 1.29 is 14.7 Å². The number of amides is 2. The predicted molar refractivity (Wildman–Crippen MR) is 80.7 cm³/mol. The fraction of sp³-hybridized carbons (Fsp3) is 0.429. The van der Waals surface area contributed by atoms with E-state index < -0.39 is 4.84 Å². The molecule has 1 saturated heterocycles. The van der Waals surface area contributed by atoms with Gasteiger partial charge in [0.25, 0.3) is 11.8 Å². The lowest BCUT2D eigenvalue weighted by Gasteiger charge is -2.32. The Labute approximate surface area is 132 Å². The Bertz CT molecular complexity index is 529. The molecule has 1 fully saturated rings. The van der Waals surface area contributed by atoms with Crippen LogP contribution in [0, 0.1) is 0 Å². The Hall–Kier alpha value is -1.46. The van der Waals surface area contributed by atoms with Crippen molar-refractivity contribution in [2.75, 3.05) is 13.1 Å². The Morgan fingerprint density at radius 3 is 2.43 bits per heavy atom. The molecule has 1 aromatic carbocycles. The van der Waals surface area contributed by atoms with Crippen molar-refractivity contribution in [2.24, 2.45) is 0 Å². The molecule has 2 rings (SSSR count). The second-order valence-electron chi connectivity index (χ2n) is 4.89. The SMILES string of the molecule is O=C(NC1CCN(C(=O)C(Cl)Cl)CC1)c1ccccc1O. The van der Waals surface area contributed by atoms with Crippen LogP contribution < -0.4 is 5.32 Å². The molecule has 7 heteroatoms. The Morgan fingerprint density at radius 1 is 1.24 bits per heavy atom. The van der Waals surface area contributed by atoms with E-state index in [-0.39, 0.29) is 29.2 Å². The van der Waals surface area contributed by atoms with Crippen LogP contribution in [-0.4, -0.2) is 45.8 Å². The summed E-state index contributed by atoms with van der Waals surface area (Å²) >= 11 is 11.1. The summed E-state index contributed by atoms with van der Waals surface area (Å²) in [7, 11) is 0. The van der Waals surface area contributed by atoms with Gasteiger partial charge in [0.05, 0.1) is 5.56 Å². The van der Waals surface area contributed by atoms with Crippen LogP contribution in [0.4, 0.5) is 0 Å². The highest BCUT2D eigenvalue weighted by Crippen LogP contribution is 2.18. The fourth-order valence-corrected chi connectivity index (χ4v) is 2.59. The molecule has 5 nitrogen and oxygen atoms in total. The second kappa shape index (κ2) is 7.00. The zero-order valence-corrected chi connectivity index (χ0v) is 12.8. The summed E-state index contributed by atoms with van der Waals surface area (Å²) in [5, 5.41) is 12.5. The molecule has 0 saturated carbocycles. The maximum Gasteiger partial charge on any atom is 0.255 e. The van der Waals surface area contributed by atoms with Gasteiger partial charge in [0.2, 0.25) is 0 Å². The predicted octanol–water partition coefficient (Wildman–Crippen LogP) is 1.92. The molecule has 0 unspecified atom stereocenters. The number of para-hydroxylation sites is 1. The monoisotopic (exact) mass is 330 g/mol. The summed E-state index contributed by atoms with van der Waals surface area (Å²) in [6, 6.07) is 6.35. The molecule has 0 bridgehead atoms. The average Bonchev–Trinajstić information content (AvgIpc) is 2.47. The number of rotatable bonds is 3. The van der Waals surface area contributed by atoms with Crippen LogP contribution in [0.3, 0.4) is 0 Å². The Morgan fingerprint density at radius 2 is 1.86 bits per heavy atom. The number of nitrogens with zero attached hydrogens (tertiary/aromatic N) is 1. The van der Waals surface area contributed by atoms with Gasteiger partial charge < -0.3 is 15.3 Å². The van der Waals surface area contributed by atoms with Crippen LogP contribution in [0.5, 0.6) is 5.75 Å². The van der Waals surface area contributed by atoms with E-state index in [9.17, 15) is 14.7 Å². The minimum Gasteiger partial charge on any atom is -0.507 e. The van der Waals surface area contributed by atoms with Gasteiger partial charge in [-0.2, -0.15) is 0 Å². The van der Waals surface area contributed by atoms with E-state index in [0.717, 1.165) is 0 Å². The number of halogens is 2. The Kier molecular flexibility index (Phi) is 5.31. The highest BCUT2D eigenvalue weighted by molar-refractivity contribution is 6.53. The largest absolute Gasteiger partial charge is 0.507 e. The lowest BCUT2D eigenvalue weighted by molar-refractivity contribution is -0.130. The second-order valence-corrected chi connectivity index (χ2v) is 5.99. The van der Waals surface area contributed by atoms with Crippen LogP contribution >= 0.6 is 23.2 Å². The highest BCUT2D eigenvalue weighted by Gasteiger charge is 2.27. The van der Waals surface area contributed by atoms with E-state index in [0.29, 0.717) is 25.9 Å². The van der Waals surface area contributed by atoms with E-state index in [1.807, 2.05) is 0 Å². The summed E-state index contributed by atoms with van der Waals surface area (Å²) in [5.41, 5.74) is 0.248. The van der Waals surface area contributed by atoms with Gasteiger partial charge in [0.1, 0.15) is 5.75 Å². The first-order chi connectivity index (χ1) is 9.99. The molecule has 2 amide bonds. The molecule has 0 aromatic heterocycles. The number of hydrogen-bond acceptors (Lipinski definition) is 3. The molecule has 1 heterocycles. The number of aromatic hydroxyl groups is 1. The van der Waals surface area contributed by atoms with E-state index in [4.69, 9.17) is 23.2 Å². The molecule has 114 valence electrons. The van der Waals surface area contributed by atoms with Crippen molar-refractivity contribution in [1.29, 1.82) is 0 Å². The number of likely N-dealkylation sites (tertiary alicyclic amines) is 1. The molecule has 0 spiro atoms. The first kappa shape index (κ1) is 15.9. The third-order valence-electron chi connectivity index (χ3n) is 3.48. The van der Waals surface area contributed by atoms with E-state index in [1.54, 1.807) is 23.1 Å². The average molecular weight is 331 g/mol. The number of carbonyl (C=O) groups is 2. The van der Waals surface area contributed by atoms with Gasteiger partial charge in [0.15, 0.2) is 4.84 Å². The summed E-state index contributed by atoms with van der Waals surface area (Å²) in [4.78, 5) is 24.2. The number of nitrogens with one attached hydrogen (secondary N) is 1. The summed E-state index contributed by atoms with van der Waals surface area (Å²) in [5.74, 6) is -0.663. The molecule has 0 atom stereocenters. The maximum absolute atomic E-state index is 12.1. The van der Waals surface area contributed by atoms with Crippen LogP contribution in [0.2, 0.25) is 0 Å². The topological polar surface area (TPSA) is 69.6 Å². The lowest BCUT2D eigenvalue weighted by atomic mass is 10.0. The Balaban J connectivity index is 1.88. The normalized spacial score (nSPS) is 16.0. The van der Waals surface area contributed by atoms with Crippen LogP contribution in [-0.2, 0) is 4.79 Å². The number of piperidine rings is 1. The van der Waals surface area contributed by atoms with E-state index in [2.05, 4.69) is 5.32 Å². The third-order valence-corrected chi connectivity index (χ3v) is 3.85. The maximum atomic E-state index is 12.1. The molecule has 0 radical (unpaired) electrons. The number of phenols is 1. The molecule has 2 N–H and O–H groups in total. The zero-order valence-electron chi connectivity index (χ0n) is 11.3. The minimum atomic E-state index is -1.04. The standard InChI is InChI=1S/C14H16Cl2N2O3/c15-12(16)14(21)18-7-5-9(6-8-18)17-13(20)10-3-1-2-4-11(10)19/h1-4,9,12,19H,5-8H2,(H,17,20). The zero-order chi connectivity index (χ0) is 15.4. The first-order valence-electron chi connectivity index (χ1n) is 6.65. The molecule has 1 aliphatic rings. The van der Waals surface area contributed by atoms with Gasteiger partial charge in [-0.25, -0.2) is 0 Å². The third kappa shape index (κ3) is 4.02. The molecule has 21 heavy (non-hydrogen) atoms.